The number of carboxylic acid groups (broad SMARTS) is 1. The van der Waals surface area contributed by atoms with E-state index >= 15 is 0 Å². The highest BCUT2D eigenvalue weighted by Crippen LogP contribution is 2.26. The van der Waals surface area contributed by atoms with Gasteiger partial charge in [-0.15, -0.1) is 22.7 Å². The summed E-state index contributed by atoms with van der Waals surface area (Å²) in [6, 6.07) is 2.99. The van der Waals surface area contributed by atoms with Crippen LogP contribution in [0.2, 0.25) is 0 Å². The summed E-state index contributed by atoms with van der Waals surface area (Å²) in [6.45, 7) is 2.09. The second-order valence-corrected chi connectivity index (χ2v) is 8.79. The lowest BCUT2D eigenvalue weighted by Crippen LogP contribution is -2.25. The molecule has 0 amide bonds. The summed E-state index contributed by atoms with van der Waals surface area (Å²) >= 11 is 2.40. The number of sulfonamides is 1. The summed E-state index contributed by atoms with van der Waals surface area (Å²) in [6.07, 6.45) is -0.169. The molecule has 0 bridgehead atoms. The number of hydrogen-bond acceptors (Lipinski definition) is 6. The van der Waals surface area contributed by atoms with E-state index in [-0.39, 0.29) is 17.2 Å². The van der Waals surface area contributed by atoms with Crippen LogP contribution in [0.5, 0.6) is 0 Å². The lowest BCUT2D eigenvalue weighted by molar-refractivity contribution is -0.136. The van der Waals surface area contributed by atoms with E-state index in [1.807, 2.05) is 6.92 Å². The number of aryl methyl sites for hydroxylation is 1. The standard InChI is InChI=1S/C12H14N2O4S3/c1-8-10(19-7-13-8)6-14(2)21(17,18)12-4-3-9(20-12)5-11(15)16/h3-4,7H,5-6H2,1-2H3,(H,15,16). The maximum atomic E-state index is 12.4. The van der Waals surface area contributed by atoms with Crippen molar-refractivity contribution in [2.75, 3.05) is 7.05 Å². The third-order valence-corrected chi connectivity index (χ3v) is 7.11. The average Bonchev–Trinajstić information content (AvgIpc) is 2.99. The van der Waals surface area contributed by atoms with E-state index < -0.39 is 16.0 Å². The van der Waals surface area contributed by atoms with Crippen molar-refractivity contribution in [1.82, 2.24) is 9.29 Å². The summed E-state index contributed by atoms with van der Waals surface area (Å²) in [5, 5.41) is 8.73. The number of rotatable bonds is 6. The molecule has 0 aliphatic carbocycles. The fraction of sp³-hybridized carbons (Fsp3) is 0.333. The van der Waals surface area contributed by atoms with Gasteiger partial charge in [0.25, 0.3) is 10.0 Å². The van der Waals surface area contributed by atoms with Crippen molar-refractivity contribution < 1.29 is 18.3 Å². The van der Waals surface area contributed by atoms with E-state index in [4.69, 9.17) is 5.11 Å². The molecule has 9 heteroatoms. The Kier molecular flexibility index (Phi) is 4.77. The monoisotopic (exact) mass is 346 g/mol. The van der Waals surface area contributed by atoms with Gasteiger partial charge in [-0.1, -0.05) is 0 Å². The molecule has 2 rings (SSSR count). The summed E-state index contributed by atoms with van der Waals surface area (Å²) in [5.41, 5.74) is 2.50. The van der Waals surface area contributed by atoms with E-state index in [2.05, 4.69) is 4.98 Å². The Morgan fingerprint density at radius 2 is 2.14 bits per heavy atom. The second-order valence-electron chi connectivity index (χ2n) is 4.41. The lowest BCUT2D eigenvalue weighted by Gasteiger charge is -2.15. The van der Waals surface area contributed by atoms with Crippen molar-refractivity contribution in [3.05, 3.63) is 33.1 Å². The smallest absolute Gasteiger partial charge is 0.308 e. The van der Waals surface area contributed by atoms with E-state index in [9.17, 15) is 13.2 Å². The van der Waals surface area contributed by atoms with Gasteiger partial charge in [0, 0.05) is 23.3 Å². The molecule has 0 saturated heterocycles. The molecule has 0 aliphatic rings. The summed E-state index contributed by atoms with van der Waals surface area (Å²) in [5.74, 6) is -0.977. The van der Waals surface area contributed by atoms with Crippen LogP contribution in [0.15, 0.2) is 21.9 Å². The SMILES string of the molecule is Cc1ncsc1CN(C)S(=O)(=O)c1ccc(CC(=O)O)s1. The van der Waals surface area contributed by atoms with Crippen molar-refractivity contribution in [3.8, 4) is 0 Å². The Morgan fingerprint density at radius 1 is 1.43 bits per heavy atom. The second kappa shape index (κ2) is 6.22. The summed E-state index contributed by atoms with van der Waals surface area (Å²) in [7, 11) is -2.10. The molecular weight excluding hydrogens is 332 g/mol. The molecular formula is C12H14N2O4S3. The normalized spacial score (nSPS) is 12.0. The van der Waals surface area contributed by atoms with Crippen molar-refractivity contribution in [3.63, 3.8) is 0 Å². The van der Waals surface area contributed by atoms with Gasteiger partial charge in [-0.25, -0.2) is 13.4 Å². The van der Waals surface area contributed by atoms with E-state index in [1.165, 1.54) is 34.8 Å². The molecule has 0 aliphatic heterocycles. The highest BCUT2D eigenvalue weighted by Gasteiger charge is 2.24. The summed E-state index contributed by atoms with van der Waals surface area (Å²) in [4.78, 5) is 16.2. The third kappa shape index (κ3) is 3.67. The first-order valence-electron chi connectivity index (χ1n) is 5.96. The number of hydrogen-bond donors (Lipinski definition) is 1. The number of carbonyl (C=O) groups is 1. The fourth-order valence-electron chi connectivity index (χ4n) is 1.66. The summed E-state index contributed by atoms with van der Waals surface area (Å²) < 4.78 is 26.3. The van der Waals surface area contributed by atoms with Gasteiger partial charge in [0.15, 0.2) is 0 Å². The molecule has 0 atom stereocenters. The van der Waals surface area contributed by atoms with Crippen LogP contribution in [-0.2, 0) is 27.8 Å². The molecule has 0 unspecified atom stereocenters. The largest absolute Gasteiger partial charge is 0.481 e. The topological polar surface area (TPSA) is 87.6 Å². The van der Waals surface area contributed by atoms with Crippen molar-refractivity contribution in [2.45, 2.75) is 24.1 Å². The minimum Gasteiger partial charge on any atom is -0.481 e. The van der Waals surface area contributed by atoms with Crippen LogP contribution in [0.1, 0.15) is 15.4 Å². The van der Waals surface area contributed by atoms with Crippen LogP contribution in [0, 0.1) is 6.92 Å². The molecule has 0 fully saturated rings. The quantitative estimate of drug-likeness (QED) is 0.864. The number of aromatic nitrogens is 1. The van der Waals surface area contributed by atoms with E-state index in [1.54, 1.807) is 5.51 Å². The Bertz CT molecular complexity index is 748. The first-order valence-corrected chi connectivity index (χ1v) is 9.10. The number of carboxylic acids is 1. The molecule has 21 heavy (non-hydrogen) atoms. The van der Waals surface area contributed by atoms with Gasteiger partial charge in [0.2, 0.25) is 0 Å². The highest BCUT2D eigenvalue weighted by atomic mass is 32.2. The molecule has 0 radical (unpaired) electrons. The molecule has 0 spiro atoms. The Morgan fingerprint density at radius 3 is 2.71 bits per heavy atom. The van der Waals surface area contributed by atoms with Crippen LogP contribution >= 0.6 is 22.7 Å². The molecule has 114 valence electrons. The Hall–Kier alpha value is -1.29. The number of nitrogens with zero attached hydrogens (tertiary/aromatic N) is 2. The van der Waals surface area contributed by atoms with Crippen LogP contribution in [0.25, 0.3) is 0 Å². The molecule has 6 nitrogen and oxygen atoms in total. The molecule has 2 heterocycles. The Balaban J connectivity index is 2.19. The predicted molar refractivity (Wildman–Crippen MR) is 81.2 cm³/mol. The van der Waals surface area contributed by atoms with Crippen LogP contribution in [-0.4, -0.2) is 35.8 Å². The van der Waals surface area contributed by atoms with Crippen LogP contribution in [0.3, 0.4) is 0 Å². The van der Waals surface area contributed by atoms with Gasteiger partial charge in [-0.3, -0.25) is 4.79 Å². The zero-order valence-electron chi connectivity index (χ0n) is 11.4. The van der Waals surface area contributed by atoms with E-state index in [0.29, 0.717) is 4.88 Å². The average molecular weight is 346 g/mol. The van der Waals surface area contributed by atoms with Crippen molar-refractivity contribution in [2.24, 2.45) is 0 Å². The van der Waals surface area contributed by atoms with Gasteiger partial charge in [0.05, 0.1) is 17.6 Å². The number of thiophene rings is 1. The zero-order valence-corrected chi connectivity index (χ0v) is 13.9. The maximum absolute atomic E-state index is 12.4. The molecule has 1 N–H and O–H groups in total. The fourth-order valence-corrected chi connectivity index (χ4v) is 5.27. The van der Waals surface area contributed by atoms with Crippen molar-refractivity contribution >= 4 is 38.7 Å². The molecule has 0 aromatic carbocycles. The lowest BCUT2D eigenvalue weighted by atomic mass is 10.3. The first-order chi connectivity index (χ1) is 9.80. The maximum Gasteiger partial charge on any atom is 0.308 e. The minimum atomic E-state index is -3.61. The van der Waals surface area contributed by atoms with Crippen LogP contribution in [0.4, 0.5) is 0 Å². The van der Waals surface area contributed by atoms with Gasteiger partial charge in [-0.05, 0) is 19.1 Å². The van der Waals surface area contributed by atoms with Gasteiger partial charge < -0.3 is 5.11 Å². The molecule has 2 aromatic heterocycles. The van der Waals surface area contributed by atoms with Gasteiger partial charge in [-0.2, -0.15) is 4.31 Å². The molecule has 0 saturated carbocycles. The Labute approximate surface area is 130 Å². The molecule has 2 aromatic rings. The highest BCUT2D eigenvalue weighted by molar-refractivity contribution is 7.91. The van der Waals surface area contributed by atoms with Crippen LogP contribution < -0.4 is 0 Å². The van der Waals surface area contributed by atoms with E-state index in [0.717, 1.165) is 21.9 Å². The van der Waals surface area contributed by atoms with Gasteiger partial charge >= 0.3 is 5.97 Å². The number of aliphatic carboxylic acids is 1. The zero-order chi connectivity index (χ0) is 15.6. The van der Waals surface area contributed by atoms with Crippen molar-refractivity contribution in [1.29, 1.82) is 0 Å². The minimum absolute atomic E-state index is 0.156. The first kappa shape index (κ1) is 16.1. The predicted octanol–water partition coefficient (Wildman–Crippen LogP) is 1.96. The number of thiazole rings is 1. The third-order valence-electron chi connectivity index (χ3n) is 2.84. The van der Waals surface area contributed by atoms with Gasteiger partial charge in [0.1, 0.15) is 4.21 Å².